The molecule has 14 nitrogen and oxygen atoms in total. The first-order valence-electron chi connectivity index (χ1n) is 21.7. The van der Waals surface area contributed by atoms with Gasteiger partial charge in [0, 0.05) is 69.7 Å². The van der Waals surface area contributed by atoms with Crippen molar-refractivity contribution in [1.29, 1.82) is 0 Å². The van der Waals surface area contributed by atoms with Crippen molar-refractivity contribution in [2.75, 3.05) is 26.2 Å². The van der Waals surface area contributed by atoms with Crippen LogP contribution in [0.2, 0.25) is 10.0 Å². The Morgan fingerprint density at radius 1 is 0.776 bits per heavy atom. The number of hydrogen-bond acceptors (Lipinski definition) is 11. The number of amides is 1. The predicted octanol–water partition coefficient (Wildman–Crippen LogP) is 10.3. The maximum absolute atomic E-state index is 15.6. The van der Waals surface area contributed by atoms with Crippen LogP contribution in [0.25, 0.3) is 45.0 Å². The summed E-state index contributed by atoms with van der Waals surface area (Å²) >= 11 is 12.0. The van der Waals surface area contributed by atoms with Gasteiger partial charge in [-0.3, -0.25) is 5.10 Å². The van der Waals surface area contributed by atoms with Gasteiger partial charge in [0.05, 0.1) is 33.2 Å². The SMILES string of the molecule is Cc1ccc(S(=O)(=O)n2nc(C3CCN(C(=O)OC(C)(C)C)CC3)c(-c3ccncn3)c2-c2ccc(Cl)cc2F)cc1.Fc1cc(Cl)ccc1-c1n[nH]c(C2CCNCC2)c1-c1ccncn1. The normalized spacial score (nSPS) is 15.0. The number of rotatable bonds is 8. The van der Waals surface area contributed by atoms with Crippen LogP contribution in [0.3, 0.4) is 0 Å². The monoisotopic (exact) mass is 968 g/mol. The average molecular weight is 970 g/mol. The molecule has 0 spiro atoms. The second-order valence-electron chi connectivity index (χ2n) is 17.3. The van der Waals surface area contributed by atoms with E-state index in [0.29, 0.717) is 65.1 Å². The van der Waals surface area contributed by atoms with Gasteiger partial charge in [-0.05, 0) is 127 Å². The van der Waals surface area contributed by atoms with E-state index in [1.54, 1.807) is 41.4 Å². The van der Waals surface area contributed by atoms with Crippen LogP contribution < -0.4 is 5.32 Å². The average Bonchev–Trinajstić information content (AvgIpc) is 3.94. The van der Waals surface area contributed by atoms with Gasteiger partial charge in [-0.1, -0.05) is 40.9 Å². The molecule has 67 heavy (non-hydrogen) atoms. The van der Waals surface area contributed by atoms with E-state index in [2.05, 4.69) is 40.5 Å². The summed E-state index contributed by atoms with van der Waals surface area (Å²) in [4.78, 5) is 31.1. The quantitative estimate of drug-likeness (QED) is 0.148. The van der Waals surface area contributed by atoms with Gasteiger partial charge in [-0.15, -0.1) is 0 Å². The van der Waals surface area contributed by atoms with E-state index in [1.807, 2.05) is 33.8 Å². The molecule has 2 N–H and O–H groups in total. The lowest BCUT2D eigenvalue weighted by Gasteiger charge is -2.33. The highest BCUT2D eigenvalue weighted by atomic mass is 35.5. The molecule has 2 aliphatic rings. The van der Waals surface area contributed by atoms with E-state index in [0.717, 1.165) is 58.6 Å². The molecule has 9 rings (SSSR count). The highest BCUT2D eigenvalue weighted by Crippen LogP contribution is 2.44. The van der Waals surface area contributed by atoms with Crippen LogP contribution in [0.4, 0.5) is 13.6 Å². The fraction of sp³-hybridized carbons (Fsp3) is 0.312. The van der Waals surface area contributed by atoms with Crippen LogP contribution in [0.5, 0.6) is 0 Å². The van der Waals surface area contributed by atoms with E-state index in [-0.39, 0.29) is 27.1 Å². The maximum atomic E-state index is 15.6. The number of halogens is 4. The molecule has 0 bridgehead atoms. The smallest absolute Gasteiger partial charge is 0.410 e. The Bertz CT molecular complexity index is 2970. The third-order valence-corrected chi connectivity index (χ3v) is 13.6. The molecule has 2 fully saturated rings. The molecular weight excluding hydrogens is 922 g/mol. The predicted molar refractivity (Wildman–Crippen MR) is 252 cm³/mol. The number of aromatic amines is 1. The molecule has 4 aromatic heterocycles. The summed E-state index contributed by atoms with van der Waals surface area (Å²) in [6, 6.07) is 18.5. The first-order chi connectivity index (χ1) is 32.1. The number of carbonyl (C=O) groups is 1. The number of nitrogens with one attached hydrogen (secondary N) is 2. The van der Waals surface area contributed by atoms with Crippen molar-refractivity contribution in [2.24, 2.45) is 0 Å². The van der Waals surface area contributed by atoms with Crippen molar-refractivity contribution in [2.45, 2.75) is 75.7 Å². The van der Waals surface area contributed by atoms with Crippen molar-refractivity contribution in [3.05, 3.63) is 136 Å². The van der Waals surface area contributed by atoms with Crippen LogP contribution in [0, 0.1) is 18.6 Å². The molecule has 0 aliphatic carbocycles. The molecule has 2 saturated heterocycles. The molecular formula is C48H48Cl2F2N10O4S. The number of ether oxygens (including phenoxy) is 1. The van der Waals surface area contributed by atoms with Crippen molar-refractivity contribution >= 4 is 39.3 Å². The van der Waals surface area contributed by atoms with Crippen LogP contribution in [0.15, 0.2) is 103 Å². The van der Waals surface area contributed by atoms with Crippen molar-refractivity contribution in [1.82, 2.24) is 49.5 Å². The molecule has 19 heteroatoms. The summed E-state index contributed by atoms with van der Waals surface area (Å²) in [6.07, 6.45) is 8.63. The standard InChI is InChI=1S/C30H31ClFN5O4S.C18H17ClFN5/c1-19-5-8-22(9-6-19)42(39,40)37-28(23-10-7-21(31)17-24(23)32)26(25-11-14-33-18-34-25)27(35-37)20-12-15-36(16-13-20)29(38)41-30(2,3)4;19-12-1-2-13(14(20)9-12)18-16(15-5-8-22-10-23-15)17(24-25-18)11-3-6-21-7-4-11/h5-11,14,17-18,20H,12-13,15-16H2,1-4H3;1-2,5,8-11,21H,3-4,6-7H2,(H,24,25). The summed E-state index contributed by atoms with van der Waals surface area (Å²) in [7, 11) is -4.28. The van der Waals surface area contributed by atoms with Gasteiger partial charge in [0.1, 0.15) is 35.6 Å². The lowest BCUT2D eigenvalue weighted by Crippen LogP contribution is -2.41. The number of aromatic nitrogens is 8. The zero-order chi connectivity index (χ0) is 47.5. The first-order valence-corrected chi connectivity index (χ1v) is 23.9. The second-order valence-corrected chi connectivity index (χ2v) is 20.0. The molecule has 348 valence electrons. The molecule has 0 unspecified atom stereocenters. The van der Waals surface area contributed by atoms with Crippen molar-refractivity contribution in [3.63, 3.8) is 0 Å². The summed E-state index contributed by atoms with van der Waals surface area (Å²) in [5, 5.41) is 16.2. The highest BCUT2D eigenvalue weighted by molar-refractivity contribution is 7.90. The van der Waals surface area contributed by atoms with Gasteiger partial charge in [-0.25, -0.2) is 33.5 Å². The molecule has 7 aromatic rings. The lowest BCUT2D eigenvalue weighted by atomic mass is 9.89. The number of nitrogens with zero attached hydrogens (tertiary/aromatic N) is 8. The number of carbonyl (C=O) groups excluding carboxylic acids is 1. The first kappa shape index (κ1) is 47.4. The maximum Gasteiger partial charge on any atom is 0.410 e. The van der Waals surface area contributed by atoms with Crippen LogP contribution in [0.1, 0.15) is 75.2 Å². The van der Waals surface area contributed by atoms with Gasteiger partial charge in [0.25, 0.3) is 10.0 Å². The van der Waals surface area contributed by atoms with Crippen LogP contribution in [-0.2, 0) is 14.8 Å². The number of piperidine rings is 2. The topological polar surface area (TPSA) is 174 Å². The Labute approximate surface area is 397 Å². The van der Waals surface area contributed by atoms with Gasteiger partial charge < -0.3 is 15.0 Å². The fourth-order valence-corrected chi connectivity index (χ4v) is 9.92. The molecule has 0 saturated carbocycles. The van der Waals surface area contributed by atoms with Crippen LogP contribution >= 0.6 is 23.2 Å². The van der Waals surface area contributed by atoms with Crippen LogP contribution in [-0.4, -0.2) is 90.5 Å². The van der Waals surface area contributed by atoms with Gasteiger partial charge in [0.2, 0.25) is 0 Å². The van der Waals surface area contributed by atoms with E-state index >= 15 is 4.39 Å². The number of likely N-dealkylation sites (tertiary alicyclic amines) is 1. The van der Waals surface area contributed by atoms with E-state index in [9.17, 15) is 17.6 Å². The second kappa shape index (κ2) is 20.0. The number of hydrogen-bond donors (Lipinski definition) is 2. The molecule has 6 heterocycles. The summed E-state index contributed by atoms with van der Waals surface area (Å²) < 4.78 is 64.8. The Kier molecular flexibility index (Phi) is 14.1. The lowest BCUT2D eigenvalue weighted by molar-refractivity contribution is 0.0204. The van der Waals surface area contributed by atoms with Crippen molar-refractivity contribution < 1.29 is 26.7 Å². The van der Waals surface area contributed by atoms with Gasteiger partial charge >= 0.3 is 6.09 Å². The Hall–Kier alpha value is -6.14. The molecule has 3 aromatic carbocycles. The Morgan fingerprint density at radius 2 is 1.36 bits per heavy atom. The number of benzene rings is 3. The third kappa shape index (κ3) is 10.5. The number of aryl methyl sites for hydroxylation is 1. The zero-order valence-electron chi connectivity index (χ0n) is 37.2. The Balaban J connectivity index is 0.000000206. The van der Waals surface area contributed by atoms with E-state index < -0.39 is 33.4 Å². The molecule has 2 aliphatic heterocycles. The van der Waals surface area contributed by atoms with Gasteiger partial charge in [-0.2, -0.15) is 22.7 Å². The highest BCUT2D eigenvalue weighted by Gasteiger charge is 2.36. The zero-order valence-corrected chi connectivity index (χ0v) is 39.5. The largest absolute Gasteiger partial charge is 0.444 e. The van der Waals surface area contributed by atoms with Crippen molar-refractivity contribution in [3.8, 4) is 45.0 Å². The summed E-state index contributed by atoms with van der Waals surface area (Å²) in [5.74, 6) is -1.02. The van der Waals surface area contributed by atoms with E-state index in [1.165, 1.54) is 49.2 Å². The van der Waals surface area contributed by atoms with E-state index in [4.69, 9.17) is 27.9 Å². The summed E-state index contributed by atoms with van der Waals surface area (Å²) in [5.41, 5.74) is 5.07. The summed E-state index contributed by atoms with van der Waals surface area (Å²) in [6.45, 7) is 9.96. The number of H-pyrrole nitrogens is 1. The molecule has 1 amide bonds. The van der Waals surface area contributed by atoms with Gasteiger partial charge in [0.15, 0.2) is 0 Å². The molecule has 0 atom stereocenters. The Morgan fingerprint density at radius 3 is 1.91 bits per heavy atom. The fourth-order valence-electron chi connectivity index (χ4n) is 8.29. The third-order valence-electron chi connectivity index (χ3n) is 11.6. The minimum Gasteiger partial charge on any atom is -0.444 e. The minimum absolute atomic E-state index is 0.00625. The molecule has 0 radical (unpaired) electrons. The minimum atomic E-state index is -4.28.